The van der Waals surface area contributed by atoms with Gasteiger partial charge in [-0.25, -0.2) is 0 Å². The van der Waals surface area contributed by atoms with Crippen LogP contribution in [-0.4, -0.2) is 31.9 Å². The molecule has 0 aliphatic heterocycles. The highest BCUT2D eigenvalue weighted by molar-refractivity contribution is 5.98. The first-order valence-corrected chi connectivity index (χ1v) is 12.2. The van der Waals surface area contributed by atoms with Gasteiger partial charge in [0.15, 0.2) is 0 Å². The molecule has 2 aliphatic carbocycles. The van der Waals surface area contributed by atoms with Crippen LogP contribution in [0.1, 0.15) is 63.9 Å². The van der Waals surface area contributed by atoms with Crippen LogP contribution in [0.3, 0.4) is 0 Å². The van der Waals surface area contributed by atoms with Gasteiger partial charge in [0.05, 0.1) is 5.41 Å². The van der Waals surface area contributed by atoms with Crippen molar-refractivity contribution in [3.8, 4) is 0 Å². The summed E-state index contributed by atoms with van der Waals surface area (Å²) in [7, 11) is 3.48. The number of nitrogens with zero attached hydrogens (tertiary/aromatic N) is 2. The van der Waals surface area contributed by atoms with Crippen molar-refractivity contribution in [3.63, 3.8) is 0 Å². The predicted molar refractivity (Wildman–Crippen MR) is 139 cm³/mol. The van der Waals surface area contributed by atoms with Crippen molar-refractivity contribution < 1.29 is 4.79 Å². The van der Waals surface area contributed by atoms with E-state index in [9.17, 15) is 4.79 Å². The third kappa shape index (κ3) is 4.34. The number of carbonyl (C=O) groups is 1. The molecule has 184 valence electrons. The van der Waals surface area contributed by atoms with Crippen LogP contribution in [0.25, 0.3) is 5.70 Å². The van der Waals surface area contributed by atoms with Gasteiger partial charge in [-0.1, -0.05) is 36.4 Å². The van der Waals surface area contributed by atoms with Gasteiger partial charge >= 0.3 is 0 Å². The minimum absolute atomic E-state index is 0.0902. The van der Waals surface area contributed by atoms with Gasteiger partial charge in [-0.3, -0.25) is 4.79 Å². The number of nitrogens with two attached hydrogens (primary N) is 2. The molecule has 0 bridgehead atoms. The Morgan fingerprint density at radius 3 is 2.23 bits per heavy atom. The fourth-order valence-corrected chi connectivity index (χ4v) is 5.59. The van der Waals surface area contributed by atoms with E-state index < -0.39 is 5.41 Å². The Bertz CT molecular complexity index is 1110. The fourth-order valence-electron chi connectivity index (χ4n) is 5.59. The van der Waals surface area contributed by atoms with E-state index in [-0.39, 0.29) is 17.8 Å². The summed E-state index contributed by atoms with van der Waals surface area (Å²) in [6, 6.07) is 11.9. The summed E-state index contributed by atoms with van der Waals surface area (Å²) in [5, 5.41) is 13.2. The van der Waals surface area contributed by atoms with E-state index in [1.807, 2.05) is 31.3 Å². The first kappa shape index (κ1) is 24.6. The van der Waals surface area contributed by atoms with E-state index in [2.05, 4.69) is 39.7 Å². The zero-order valence-corrected chi connectivity index (χ0v) is 20.5. The van der Waals surface area contributed by atoms with E-state index >= 15 is 0 Å². The zero-order valence-electron chi connectivity index (χ0n) is 20.5. The van der Waals surface area contributed by atoms with Crippen LogP contribution in [0.2, 0.25) is 0 Å². The van der Waals surface area contributed by atoms with Crippen molar-refractivity contribution in [1.29, 1.82) is 5.53 Å². The minimum Gasteiger partial charge on any atom is -0.388 e. The van der Waals surface area contributed by atoms with Crippen molar-refractivity contribution in [1.82, 2.24) is 10.6 Å². The summed E-state index contributed by atoms with van der Waals surface area (Å²) in [5.41, 5.74) is 26.7. The lowest BCUT2D eigenvalue weighted by Crippen LogP contribution is -2.49. The maximum atomic E-state index is 12.4. The number of benzene rings is 2. The molecule has 0 saturated heterocycles. The molecule has 1 saturated carbocycles. The Morgan fingerprint density at radius 1 is 1.11 bits per heavy atom. The fraction of sp³-hybridized carbons (Fsp3) is 0.407. The number of rotatable bonds is 8. The zero-order chi connectivity index (χ0) is 25.2. The van der Waals surface area contributed by atoms with Crippen LogP contribution >= 0.6 is 0 Å². The molecule has 8 nitrogen and oxygen atoms in total. The van der Waals surface area contributed by atoms with Gasteiger partial charge < -0.3 is 22.1 Å². The molecule has 0 radical (unpaired) electrons. The molecular formula is C27H35N7O. The number of amides is 1. The van der Waals surface area contributed by atoms with Crippen molar-refractivity contribution in [2.75, 3.05) is 14.1 Å². The molecule has 2 aromatic rings. The topological polar surface area (TPSA) is 142 Å². The third-order valence-electron chi connectivity index (χ3n) is 7.83. The normalized spacial score (nSPS) is 20.5. The molecule has 1 fully saturated rings. The SMILES string of the molecule is C=C(NC)c1ccc2c(c1)CCc1cc(C(=O)NC)ccc1C2(C[C@@H](N)C1CCC1)/C(N)=N/N=N. The maximum absolute atomic E-state index is 12.4. The van der Waals surface area contributed by atoms with Crippen LogP contribution in [0, 0.1) is 11.4 Å². The largest absolute Gasteiger partial charge is 0.388 e. The van der Waals surface area contributed by atoms with Gasteiger partial charge in [-0.05, 0) is 84.0 Å². The Hall–Kier alpha value is -3.52. The van der Waals surface area contributed by atoms with Crippen LogP contribution in [0.5, 0.6) is 0 Å². The molecule has 2 aliphatic rings. The summed E-state index contributed by atoms with van der Waals surface area (Å²) in [4.78, 5) is 12.4. The number of aryl methyl sites for hydroxylation is 2. The monoisotopic (exact) mass is 473 g/mol. The van der Waals surface area contributed by atoms with E-state index in [1.165, 1.54) is 6.42 Å². The molecule has 8 heteroatoms. The summed E-state index contributed by atoms with van der Waals surface area (Å²) in [6.07, 6.45) is 5.44. The smallest absolute Gasteiger partial charge is 0.251 e. The molecule has 1 amide bonds. The molecule has 1 unspecified atom stereocenters. The number of fused-ring (bicyclic) bond motifs is 2. The highest BCUT2D eigenvalue weighted by Crippen LogP contribution is 2.46. The molecule has 0 aromatic heterocycles. The summed E-state index contributed by atoms with van der Waals surface area (Å²) >= 11 is 0. The van der Waals surface area contributed by atoms with E-state index in [4.69, 9.17) is 17.0 Å². The molecule has 4 rings (SSSR count). The minimum atomic E-state index is -0.860. The second kappa shape index (κ2) is 10.00. The molecule has 2 aromatic carbocycles. The Kier molecular flexibility index (Phi) is 7.03. The lowest BCUT2D eigenvalue weighted by molar-refractivity contribution is 0.0963. The first-order valence-electron chi connectivity index (χ1n) is 12.2. The predicted octanol–water partition coefficient (Wildman–Crippen LogP) is 3.44. The second-order valence-corrected chi connectivity index (χ2v) is 9.60. The molecule has 7 N–H and O–H groups in total. The number of amidine groups is 1. The summed E-state index contributed by atoms with van der Waals surface area (Å²) in [6.45, 7) is 4.12. The third-order valence-corrected chi connectivity index (χ3v) is 7.83. The number of hydrogen-bond acceptors (Lipinski definition) is 5. The van der Waals surface area contributed by atoms with E-state index in [0.29, 0.717) is 17.9 Å². The Balaban J connectivity index is 1.99. The maximum Gasteiger partial charge on any atom is 0.251 e. The average Bonchev–Trinajstić information content (AvgIpc) is 2.96. The lowest BCUT2D eigenvalue weighted by atomic mass is 9.64. The average molecular weight is 474 g/mol. The van der Waals surface area contributed by atoms with Gasteiger partial charge in [0.25, 0.3) is 5.91 Å². The Labute approximate surface area is 206 Å². The summed E-state index contributed by atoms with van der Waals surface area (Å²) < 4.78 is 0. The van der Waals surface area contributed by atoms with Gasteiger partial charge in [0.1, 0.15) is 5.84 Å². The quantitative estimate of drug-likeness (QED) is 0.173. The van der Waals surface area contributed by atoms with Crippen LogP contribution in [0.15, 0.2) is 53.3 Å². The first-order chi connectivity index (χ1) is 16.8. The number of carbonyl (C=O) groups excluding carboxylic acids is 1. The molecule has 35 heavy (non-hydrogen) atoms. The van der Waals surface area contributed by atoms with Crippen LogP contribution < -0.4 is 22.1 Å². The van der Waals surface area contributed by atoms with Crippen LogP contribution in [0.4, 0.5) is 0 Å². The Morgan fingerprint density at radius 2 is 1.71 bits per heavy atom. The van der Waals surface area contributed by atoms with Crippen molar-refractivity contribution >= 4 is 17.4 Å². The summed E-state index contributed by atoms with van der Waals surface area (Å²) in [5.74, 6) is 0.539. The van der Waals surface area contributed by atoms with Gasteiger partial charge in [-0.15, -0.1) is 5.10 Å². The second-order valence-electron chi connectivity index (χ2n) is 9.60. The number of nitrogens with one attached hydrogen (secondary N) is 3. The lowest BCUT2D eigenvalue weighted by Gasteiger charge is -2.41. The van der Waals surface area contributed by atoms with E-state index in [1.54, 1.807) is 7.05 Å². The standard InChI is InChI=1S/C27H35N7O/c1-16(31-2)18-9-11-22-19(13-18)7-8-20-14-21(25(35)32-3)10-12-23(20)27(22,26(29)33-34-30)15-24(28)17-5-4-6-17/h9-14,17,24,31H,1,4-8,15,28H2,2-3H3,(H,32,35)(H3,29,30,33)/t24-,27?/m1/s1. The van der Waals surface area contributed by atoms with Crippen LogP contribution in [-0.2, 0) is 18.3 Å². The van der Waals surface area contributed by atoms with E-state index in [0.717, 1.165) is 59.2 Å². The van der Waals surface area contributed by atoms with Crippen molar-refractivity contribution in [2.24, 2.45) is 27.7 Å². The van der Waals surface area contributed by atoms with Crippen molar-refractivity contribution in [2.45, 2.75) is 50.0 Å². The number of hydrogen-bond donors (Lipinski definition) is 5. The molecule has 2 atom stereocenters. The van der Waals surface area contributed by atoms with Gasteiger partial charge in [0, 0.05) is 31.4 Å². The van der Waals surface area contributed by atoms with Gasteiger partial charge in [-0.2, -0.15) is 5.53 Å². The molecule has 0 heterocycles. The molecular weight excluding hydrogens is 438 g/mol. The highest BCUT2D eigenvalue weighted by Gasteiger charge is 2.46. The van der Waals surface area contributed by atoms with Crippen molar-refractivity contribution in [3.05, 3.63) is 76.4 Å². The highest BCUT2D eigenvalue weighted by atomic mass is 16.1. The van der Waals surface area contributed by atoms with Gasteiger partial charge in [0.2, 0.25) is 0 Å². The molecule has 0 spiro atoms.